The molecule has 1 radical (unpaired) electrons. The molecule has 1 fully saturated rings. The molecule has 2 atom stereocenters. The van der Waals surface area contributed by atoms with Gasteiger partial charge in [-0.1, -0.05) is 48.0 Å². The van der Waals surface area contributed by atoms with Gasteiger partial charge >= 0.3 is 7.69 Å². The Balaban J connectivity index is 0.00000121. The summed E-state index contributed by atoms with van der Waals surface area (Å²) in [7, 11) is 1.52. The van der Waals surface area contributed by atoms with Crippen molar-refractivity contribution in [1.29, 1.82) is 0 Å². The first-order chi connectivity index (χ1) is 7.79. The van der Waals surface area contributed by atoms with Gasteiger partial charge in [-0.05, 0) is 32.1 Å². The summed E-state index contributed by atoms with van der Waals surface area (Å²) in [5, 5.41) is 0. The molecule has 0 aliphatic carbocycles. The highest BCUT2D eigenvalue weighted by molar-refractivity contribution is 6.19. The van der Waals surface area contributed by atoms with E-state index >= 15 is 0 Å². The molecule has 1 heterocycles. The number of hydrogen-bond donors (Lipinski definition) is 0. The maximum Gasteiger partial charge on any atom is 0.489 e. The van der Waals surface area contributed by atoms with Crippen molar-refractivity contribution in [2.45, 2.75) is 85.9 Å². The van der Waals surface area contributed by atoms with Crippen molar-refractivity contribution < 1.29 is 9.31 Å². The van der Waals surface area contributed by atoms with Crippen molar-refractivity contribution in [1.82, 2.24) is 0 Å². The molecule has 0 amide bonds. The highest BCUT2D eigenvalue weighted by Gasteiger charge is 2.52. The van der Waals surface area contributed by atoms with Crippen LogP contribution < -0.4 is 0 Å². The molecule has 0 aromatic rings. The smallest absolute Gasteiger partial charge is 0.405 e. The second-order valence-corrected chi connectivity index (χ2v) is 5.84. The predicted octanol–water partition coefficient (Wildman–Crippen LogP) is 4.35. The van der Waals surface area contributed by atoms with Crippen LogP contribution in [0.25, 0.3) is 0 Å². The quantitative estimate of drug-likeness (QED) is 0.681. The van der Waals surface area contributed by atoms with Crippen LogP contribution in [0.15, 0.2) is 0 Å². The summed E-state index contributed by atoms with van der Waals surface area (Å²) in [6.07, 6.45) is 3.16. The average Bonchev–Trinajstić information content (AvgIpc) is 2.58. The minimum atomic E-state index is -0.193. The third-order valence-electron chi connectivity index (χ3n) is 4.18. The Bertz CT molecular complexity index is 230. The molecule has 1 saturated heterocycles. The molecular weight excluding hydrogens is 211 g/mol. The maximum atomic E-state index is 5.74. The first-order valence-corrected chi connectivity index (χ1v) is 6.96. The molecular formula is C14H30BO2. The molecule has 1 aliphatic heterocycles. The van der Waals surface area contributed by atoms with E-state index in [1.807, 2.05) is 13.8 Å². The SMILES string of the molecule is CC.CCC(C)(C)C[C@@]1(C)O[B]O[C@@]1(C)CC. The van der Waals surface area contributed by atoms with Crippen LogP contribution in [0.1, 0.15) is 74.7 Å². The van der Waals surface area contributed by atoms with Crippen molar-refractivity contribution in [3.05, 3.63) is 0 Å². The summed E-state index contributed by atoms with van der Waals surface area (Å²) in [6.45, 7) is 17.3. The van der Waals surface area contributed by atoms with Crippen molar-refractivity contribution in [3.8, 4) is 0 Å². The molecule has 1 rings (SSSR count). The van der Waals surface area contributed by atoms with Crippen molar-refractivity contribution in [2.75, 3.05) is 0 Å². The van der Waals surface area contributed by atoms with Gasteiger partial charge in [0.15, 0.2) is 0 Å². The van der Waals surface area contributed by atoms with E-state index < -0.39 is 0 Å². The van der Waals surface area contributed by atoms with Gasteiger partial charge in [0, 0.05) is 0 Å². The Hall–Kier alpha value is -0.0151. The third kappa shape index (κ3) is 3.72. The van der Waals surface area contributed by atoms with Crippen LogP contribution in [0, 0.1) is 5.41 Å². The predicted molar refractivity (Wildman–Crippen MR) is 75.1 cm³/mol. The average molecular weight is 241 g/mol. The fourth-order valence-corrected chi connectivity index (χ4v) is 2.21. The van der Waals surface area contributed by atoms with Gasteiger partial charge in [0.05, 0.1) is 11.2 Å². The van der Waals surface area contributed by atoms with Crippen molar-refractivity contribution in [3.63, 3.8) is 0 Å². The lowest BCUT2D eigenvalue weighted by atomic mass is 9.71. The Morgan fingerprint density at radius 2 is 1.47 bits per heavy atom. The zero-order valence-electron chi connectivity index (χ0n) is 13.0. The Labute approximate surface area is 109 Å². The number of hydrogen-bond acceptors (Lipinski definition) is 2. The second-order valence-electron chi connectivity index (χ2n) is 5.84. The van der Waals surface area contributed by atoms with E-state index in [2.05, 4.69) is 41.5 Å². The highest BCUT2D eigenvalue weighted by Crippen LogP contribution is 2.45. The van der Waals surface area contributed by atoms with Crippen LogP contribution in [0.5, 0.6) is 0 Å². The highest BCUT2D eigenvalue weighted by atomic mass is 16.7. The lowest BCUT2D eigenvalue weighted by Crippen LogP contribution is -2.49. The standard InChI is InChI=1S/C12H24BO2.C2H6/c1-7-10(3,4)9-12(6)11(5,8-2)14-13-15-12;1-2/h7-9H2,1-6H3;1-2H3/t11-,12+;/m0./s1. The first-order valence-electron chi connectivity index (χ1n) is 6.96. The van der Waals surface area contributed by atoms with Crippen LogP contribution >= 0.6 is 0 Å². The zero-order valence-corrected chi connectivity index (χ0v) is 13.0. The minimum Gasteiger partial charge on any atom is -0.405 e. The van der Waals surface area contributed by atoms with Crippen LogP contribution in [-0.2, 0) is 9.31 Å². The van der Waals surface area contributed by atoms with Gasteiger partial charge in [-0.15, -0.1) is 0 Å². The summed E-state index contributed by atoms with van der Waals surface area (Å²) in [5.74, 6) is 0. The summed E-state index contributed by atoms with van der Waals surface area (Å²) in [6, 6.07) is 0. The Morgan fingerprint density at radius 1 is 1.00 bits per heavy atom. The van der Waals surface area contributed by atoms with E-state index in [0.717, 1.165) is 19.3 Å². The van der Waals surface area contributed by atoms with Gasteiger partial charge in [-0.2, -0.15) is 0 Å². The normalized spacial score (nSPS) is 32.7. The molecule has 0 unspecified atom stereocenters. The molecule has 0 N–H and O–H groups in total. The van der Waals surface area contributed by atoms with Crippen LogP contribution in [0.3, 0.4) is 0 Å². The van der Waals surface area contributed by atoms with E-state index in [1.165, 1.54) is 7.69 Å². The maximum absolute atomic E-state index is 5.74. The summed E-state index contributed by atoms with van der Waals surface area (Å²) in [4.78, 5) is 0. The largest absolute Gasteiger partial charge is 0.489 e. The summed E-state index contributed by atoms with van der Waals surface area (Å²) >= 11 is 0. The third-order valence-corrected chi connectivity index (χ3v) is 4.18. The van der Waals surface area contributed by atoms with E-state index in [-0.39, 0.29) is 11.2 Å². The van der Waals surface area contributed by atoms with E-state index in [9.17, 15) is 0 Å². The molecule has 0 aromatic carbocycles. The molecule has 3 heteroatoms. The molecule has 17 heavy (non-hydrogen) atoms. The van der Waals surface area contributed by atoms with Crippen molar-refractivity contribution in [2.24, 2.45) is 5.41 Å². The second kappa shape index (κ2) is 6.24. The summed E-state index contributed by atoms with van der Waals surface area (Å²) in [5.41, 5.74) is -0.0760. The summed E-state index contributed by atoms with van der Waals surface area (Å²) < 4.78 is 11.4. The van der Waals surface area contributed by atoms with Gasteiger partial charge in [-0.25, -0.2) is 0 Å². The van der Waals surface area contributed by atoms with Gasteiger partial charge in [0.2, 0.25) is 0 Å². The van der Waals surface area contributed by atoms with Crippen LogP contribution in [-0.4, -0.2) is 18.9 Å². The Kier molecular flexibility index (Phi) is 6.23. The first kappa shape index (κ1) is 17.0. The van der Waals surface area contributed by atoms with Gasteiger partial charge in [0.25, 0.3) is 0 Å². The monoisotopic (exact) mass is 241 g/mol. The fraction of sp³-hybridized carbons (Fsp3) is 1.00. The molecule has 101 valence electrons. The minimum absolute atomic E-state index is 0.181. The van der Waals surface area contributed by atoms with Crippen LogP contribution in [0.4, 0.5) is 0 Å². The van der Waals surface area contributed by atoms with Gasteiger partial charge < -0.3 is 9.31 Å². The van der Waals surface area contributed by atoms with Gasteiger partial charge in [0.1, 0.15) is 0 Å². The molecule has 1 aliphatic rings. The zero-order chi connectivity index (χ0) is 13.7. The fourth-order valence-electron chi connectivity index (χ4n) is 2.21. The molecule has 0 saturated carbocycles. The van der Waals surface area contributed by atoms with E-state index in [0.29, 0.717) is 5.41 Å². The molecule has 0 spiro atoms. The van der Waals surface area contributed by atoms with Crippen LogP contribution in [0.2, 0.25) is 0 Å². The lowest BCUT2D eigenvalue weighted by molar-refractivity contribution is -0.0536. The van der Waals surface area contributed by atoms with E-state index in [4.69, 9.17) is 9.31 Å². The Morgan fingerprint density at radius 3 is 1.88 bits per heavy atom. The topological polar surface area (TPSA) is 18.5 Å². The number of rotatable bonds is 4. The molecule has 0 bridgehead atoms. The van der Waals surface area contributed by atoms with Crippen molar-refractivity contribution >= 4 is 7.69 Å². The molecule has 0 aromatic heterocycles. The van der Waals surface area contributed by atoms with E-state index in [1.54, 1.807) is 0 Å². The molecule has 2 nitrogen and oxygen atoms in total. The van der Waals surface area contributed by atoms with Gasteiger partial charge in [-0.3, -0.25) is 0 Å². The lowest BCUT2D eigenvalue weighted by Gasteiger charge is -2.43.